The lowest BCUT2D eigenvalue weighted by Gasteiger charge is -2.21. The molecule has 0 heterocycles. The fraction of sp³-hybridized carbons (Fsp3) is 0.696. The lowest BCUT2D eigenvalue weighted by atomic mass is 9.86. The predicted molar refractivity (Wildman–Crippen MR) is 112 cm³/mol. The van der Waals surface area contributed by atoms with Crippen molar-refractivity contribution < 1.29 is 24.8 Å². The second-order valence-electron chi connectivity index (χ2n) is 7.42. The van der Waals surface area contributed by atoms with Crippen LogP contribution in [0.3, 0.4) is 0 Å². The summed E-state index contributed by atoms with van der Waals surface area (Å²) in [4.78, 5) is 21.8. The molecule has 160 valence electrons. The number of hydrogen-bond donors (Lipinski definition) is 2. The van der Waals surface area contributed by atoms with Crippen LogP contribution in [-0.2, 0) is 29.0 Å². The standard InChI is InChI=1S/C23H38O5/c1-5-8-11-14-17-18(15-12-9-6-2)20(23(26)28-27-4)22(25)21(24)19(17)16-13-10-7-3/h24-25H,5-16H2,1-4H3. The van der Waals surface area contributed by atoms with E-state index in [1.54, 1.807) is 0 Å². The van der Waals surface area contributed by atoms with Crippen molar-refractivity contribution in [3.8, 4) is 11.5 Å². The van der Waals surface area contributed by atoms with Crippen molar-refractivity contribution in [1.82, 2.24) is 0 Å². The molecule has 5 nitrogen and oxygen atoms in total. The first-order valence-electron chi connectivity index (χ1n) is 10.9. The van der Waals surface area contributed by atoms with Crippen molar-refractivity contribution in [2.75, 3.05) is 7.11 Å². The lowest BCUT2D eigenvalue weighted by Crippen LogP contribution is -2.13. The first kappa shape index (κ1) is 24.3. The van der Waals surface area contributed by atoms with Gasteiger partial charge in [0.05, 0.1) is 7.11 Å². The van der Waals surface area contributed by atoms with Gasteiger partial charge in [-0.15, -0.1) is 0 Å². The van der Waals surface area contributed by atoms with E-state index in [9.17, 15) is 15.0 Å². The van der Waals surface area contributed by atoms with Crippen LogP contribution in [0, 0.1) is 0 Å². The van der Waals surface area contributed by atoms with Crippen LogP contribution < -0.4 is 0 Å². The molecule has 0 atom stereocenters. The molecule has 0 saturated carbocycles. The minimum absolute atomic E-state index is 0.0567. The molecule has 0 radical (unpaired) electrons. The highest BCUT2D eigenvalue weighted by molar-refractivity contribution is 5.95. The molecule has 0 aliphatic carbocycles. The molecule has 1 aromatic carbocycles. The molecule has 0 amide bonds. The van der Waals surface area contributed by atoms with E-state index in [-0.39, 0.29) is 17.1 Å². The molecule has 1 aromatic rings. The van der Waals surface area contributed by atoms with E-state index in [0.717, 1.165) is 80.9 Å². The number of carbonyl (C=O) groups excluding carboxylic acids is 1. The van der Waals surface area contributed by atoms with Crippen LogP contribution in [0.1, 0.15) is 106 Å². The zero-order chi connectivity index (χ0) is 20.9. The molecule has 5 heteroatoms. The van der Waals surface area contributed by atoms with Gasteiger partial charge in [-0.1, -0.05) is 59.3 Å². The third-order valence-electron chi connectivity index (χ3n) is 5.23. The highest BCUT2D eigenvalue weighted by atomic mass is 17.2. The predicted octanol–water partition coefficient (Wildman–Crippen LogP) is 6.01. The Morgan fingerprint density at radius 1 is 0.714 bits per heavy atom. The largest absolute Gasteiger partial charge is 0.504 e. The highest BCUT2D eigenvalue weighted by Crippen LogP contribution is 2.41. The van der Waals surface area contributed by atoms with Gasteiger partial charge in [-0.2, -0.15) is 4.89 Å². The molecular weight excluding hydrogens is 356 g/mol. The summed E-state index contributed by atoms with van der Waals surface area (Å²) in [5, 5.41) is 21.4. The summed E-state index contributed by atoms with van der Waals surface area (Å²) in [7, 11) is 1.26. The number of carbonyl (C=O) groups is 1. The van der Waals surface area contributed by atoms with Crippen LogP contribution >= 0.6 is 0 Å². The van der Waals surface area contributed by atoms with Crippen LogP contribution in [0.25, 0.3) is 0 Å². The van der Waals surface area contributed by atoms with Crippen molar-refractivity contribution >= 4 is 5.97 Å². The number of unbranched alkanes of at least 4 members (excludes halogenated alkanes) is 6. The number of benzene rings is 1. The summed E-state index contributed by atoms with van der Waals surface area (Å²) >= 11 is 0. The second-order valence-corrected chi connectivity index (χ2v) is 7.42. The van der Waals surface area contributed by atoms with Crippen LogP contribution in [0.5, 0.6) is 11.5 Å². The molecule has 0 unspecified atom stereocenters. The summed E-state index contributed by atoms with van der Waals surface area (Å²) in [6.07, 6.45) is 11.5. The molecule has 0 saturated heterocycles. The van der Waals surface area contributed by atoms with Gasteiger partial charge in [-0.3, -0.25) is 4.89 Å². The van der Waals surface area contributed by atoms with Crippen LogP contribution in [0.2, 0.25) is 0 Å². The van der Waals surface area contributed by atoms with Crippen molar-refractivity contribution in [2.24, 2.45) is 0 Å². The Labute approximate surface area is 170 Å². The third-order valence-corrected chi connectivity index (χ3v) is 5.23. The highest BCUT2D eigenvalue weighted by Gasteiger charge is 2.28. The van der Waals surface area contributed by atoms with E-state index >= 15 is 0 Å². The van der Waals surface area contributed by atoms with Gasteiger partial charge >= 0.3 is 5.97 Å². The quantitative estimate of drug-likeness (QED) is 0.175. The van der Waals surface area contributed by atoms with Crippen molar-refractivity contribution in [3.63, 3.8) is 0 Å². The molecule has 0 fully saturated rings. The lowest BCUT2D eigenvalue weighted by molar-refractivity contribution is -0.216. The van der Waals surface area contributed by atoms with Gasteiger partial charge < -0.3 is 10.2 Å². The average Bonchev–Trinajstić information content (AvgIpc) is 2.67. The Kier molecular flexibility index (Phi) is 11.7. The molecule has 0 bridgehead atoms. The Morgan fingerprint density at radius 2 is 1.18 bits per heavy atom. The molecule has 28 heavy (non-hydrogen) atoms. The smallest absolute Gasteiger partial charge is 0.377 e. The topological polar surface area (TPSA) is 76.0 Å². The zero-order valence-electron chi connectivity index (χ0n) is 18.1. The van der Waals surface area contributed by atoms with E-state index in [1.807, 2.05) is 0 Å². The minimum Gasteiger partial charge on any atom is -0.504 e. The molecule has 0 aliphatic heterocycles. The van der Waals surface area contributed by atoms with E-state index in [2.05, 4.69) is 25.7 Å². The maximum atomic E-state index is 12.5. The zero-order valence-corrected chi connectivity index (χ0v) is 18.1. The van der Waals surface area contributed by atoms with Crippen LogP contribution in [-0.4, -0.2) is 23.3 Å². The van der Waals surface area contributed by atoms with Crippen LogP contribution in [0.4, 0.5) is 0 Å². The molecule has 0 spiro atoms. The Hall–Kier alpha value is -1.75. The third kappa shape index (κ3) is 6.69. The number of aromatic hydroxyl groups is 2. The van der Waals surface area contributed by atoms with Crippen molar-refractivity contribution in [1.29, 1.82) is 0 Å². The molecular formula is C23H38O5. The SMILES string of the molecule is CCCCCc1c(O)c(O)c(C(=O)OOC)c(CCCCC)c1CCCCC. The molecule has 0 aromatic heterocycles. The fourth-order valence-corrected chi connectivity index (χ4v) is 3.72. The van der Waals surface area contributed by atoms with E-state index in [0.29, 0.717) is 12.8 Å². The van der Waals surface area contributed by atoms with Gasteiger partial charge in [-0.25, -0.2) is 4.79 Å². The molecule has 1 rings (SSSR count). The summed E-state index contributed by atoms with van der Waals surface area (Å²) < 4.78 is 0. The van der Waals surface area contributed by atoms with Gasteiger partial charge in [0.25, 0.3) is 0 Å². The van der Waals surface area contributed by atoms with Gasteiger partial charge in [0.15, 0.2) is 11.5 Å². The van der Waals surface area contributed by atoms with E-state index < -0.39 is 5.97 Å². The van der Waals surface area contributed by atoms with Crippen molar-refractivity contribution in [3.05, 3.63) is 22.3 Å². The monoisotopic (exact) mass is 394 g/mol. The van der Waals surface area contributed by atoms with E-state index in [4.69, 9.17) is 4.89 Å². The van der Waals surface area contributed by atoms with Crippen LogP contribution in [0.15, 0.2) is 0 Å². The summed E-state index contributed by atoms with van der Waals surface area (Å²) in [6.45, 7) is 6.42. The maximum Gasteiger partial charge on any atom is 0.377 e. The van der Waals surface area contributed by atoms with Gasteiger partial charge in [0.1, 0.15) is 5.56 Å². The summed E-state index contributed by atoms with van der Waals surface area (Å²) in [6, 6.07) is 0. The Bertz CT molecular complexity index is 610. The van der Waals surface area contributed by atoms with Gasteiger partial charge in [0.2, 0.25) is 0 Å². The fourth-order valence-electron chi connectivity index (χ4n) is 3.72. The Balaban J connectivity index is 3.49. The summed E-state index contributed by atoms with van der Waals surface area (Å²) in [5.41, 5.74) is 2.68. The van der Waals surface area contributed by atoms with Crippen molar-refractivity contribution in [2.45, 2.75) is 97.8 Å². The average molecular weight is 395 g/mol. The maximum absolute atomic E-state index is 12.5. The molecule has 0 aliphatic rings. The molecule has 2 N–H and O–H groups in total. The number of phenolic OH excluding ortho intramolecular Hbond substituents is 2. The normalized spacial score (nSPS) is 11.0. The number of phenols is 2. The number of rotatable bonds is 14. The first-order chi connectivity index (χ1) is 13.5. The minimum atomic E-state index is -0.751. The second kappa shape index (κ2) is 13.4. The number of hydrogen-bond acceptors (Lipinski definition) is 5. The first-order valence-corrected chi connectivity index (χ1v) is 10.9. The summed E-state index contributed by atoms with van der Waals surface area (Å²) in [5.74, 6) is -1.30. The Morgan fingerprint density at radius 3 is 1.64 bits per heavy atom. The van der Waals surface area contributed by atoms with Gasteiger partial charge in [-0.05, 0) is 49.7 Å². The van der Waals surface area contributed by atoms with Gasteiger partial charge in [0, 0.05) is 5.56 Å². The van der Waals surface area contributed by atoms with E-state index in [1.165, 1.54) is 7.11 Å².